The van der Waals surface area contributed by atoms with E-state index >= 15 is 0 Å². The van der Waals surface area contributed by atoms with Crippen molar-refractivity contribution in [3.8, 4) is 0 Å². The maximum absolute atomic E-state index is 10.2. The zero-order valence-electron chi connectivity index (χ0n) is 6.99. The quantitative estimate of drug-likeness (QED) is 0.751. The number of hydrogen-bond donors (Lipinski definition) is 1. The number of rotatable bonds is 1. The van der Waals surface area contributed by atoms with Crippen LogP contribution in [0.15, 0.2) is 16.8 Å². The maximum atomic E-state index is 10.2. The van der Waals surface area contributed by atoms with Crippen LogP contribution in [0.4, 0.5) is 0 Å². The van der Waals surface area contributed by atoms with Gasteiger partial charge >= 0.3 is 0 Å². The van der Waals surface area contributed by atoms with Crippen molar-refractivity contribution in [3.63, 3.8) is 0 Å². The molecule has 0 spiro atoms. The summed E-state index contributed by atoms with van der Waals surface area (Å²) < 4.78 is 0. The second-order valence-electron chi connectivity index (χ2n) is 3.37. The average Bonchev–Trinajstić information content (AvgIpc) is 2.59. The fraction of sp³-hybridized carbons (Fsp3) is 0.556. The second-order valence-corrected chi connectivity index (χ2v) is 5.58. The Balaban J connectivity index is 2.23. The van der Waals surface area contributed by atoms with Crippen molar-refractivity contribution in [2.24, 2.45) is 0 Å². The molecule has 2 atom stereocenters. The predicted molar refractivity (Wildman–Crippen MR) is 54.8 cm³/mol. The number of thioether (sulfide) groups is 1. The molecule has 0 bridgehead atoms. The minimum Gasteiger partial charge on any atom is -0.384 e. The lowest BCUT2D eigenvalue weighted by molar-refractivity contribution is 0.0617. The summed E-state index contributed by atoms with van der Waals surface area (Å²) >= 11 is 3.51. The third-order valence-corrected chi connectivity index (χ3v) is 4.35. The van der Waals surface area contributed by atoms with Gasteiger partial charge in [-0.2, -0.15) is 23.1 Å². The summed E-state index contributed by atoms with van der Waals surface area (Å²) in [5, 5.41) is 14.9. The largest absolute Gasteiger partial charge is 0.384 e. The Morgan fingerprint density at radius 2 is 2.50 bits per heavy atom. The van der Waals surface area contributed by atoms with Gasteiger partial charge in [0.25, 0.3) is 0 Å². The molecule has 1 saturated heterocycles. The molecule has 0 radical (unpaired) electrons. The summed E-state index contributed by atoms with van der Waals surface area (Å²) in [5.41, 5.74) is 0.564. The lowest BCUT2D eigenvalue weighted by Gasteiger charge is -2.19. The first-order valence-corrected chi connectivity index (χ1v) is 6.06. The highest BCUT2D eigenvalue weighted by molar-refractivity contribution is 8.00. The molecule has 1 fully saturated rings. The Morgan fingerprint density at radius 3 is 3.00 bits per heavy atom. The monoisotopic (exact) mass is 200 g/mol. The van der Waals surface area contributed by atoms with Crippen LogP contribution in [0.3, 0.4) is 0 Å². The summed E-state index contributed by atoms with van der Waals surface area (Å²) in [4.78, 5) is 0. The highest BCUT2D eigenvalue weighted by Crippen LogP contribution is 2.41. The zero-order chi connectivity index (χ0) is 8.60. The average molecular weight is 200 g/mol. The first-order valence-electron chi connectivity index (χ1n) is 4.07. The molecular weight excluding hydrogens is 188 g/mol. The summed E-state index contributed by atoms with van der Waals surface area (Å²) in [6.07, 6.45) is 0.897. The Bertz CT molecular complexity index is 258. The molecule has 2 rings (SSSR count). The van der Waals surface area contributed by atoms with E-state index < -0.39 is 5.60 Å². The van der Waals surface area contributed by atoms with Gasteiger partial charge in [0.2, 0.25) is 0 Å². The van der Waals surface area contributed by atoms with Crippen LogP contribution in [-0.2, 0) is 5.60 Å². The van der Waals surface area contributed by atoms with Crippen LogP contribution in [0.5, 0.6) is 0 Å². The smallest absolute Gasteiger partial charge is 0.100 e. The van der Waals surface area contributed by atoms with Gasteiger partial charge in [0.05, 0.1) is 0 Å². The summed E-state index contributed by atoms with van der Waals surface area (Å²) in [6, 6.07) is 2.03. The summed E-state index contributed by atoms with van der Waals surface area (Å²) in [5.74, 6) is 0.852. The standard InChI is InChI=1S/C9H12OS2/c1-7-4-9(10,6-12-7)8-2-3-11-5-8/h2-3,5,7,10H,4,6H2,1H3. The molecule has 66 valence electrons. The molecule has 0 saturated carbocycles. The van der Waals surface area contributed by atoms with Gasteiger partial charge in [0.1, 0.15) is 5.60 Å². The lowest BCUT2D eigenvalue weighted by atomic mass is 9.94. The third-order valence-electron chi connectivity index (χ3n) is 2.29. The summed E-state index contributed by atoms with van der Waals surface area (Å²) in [7, 11) is 0. The van der Waals surface area contributed by atoms with E-state index in [-0.39, 0.29) is 0 Å². The highest BCUT2D eigenvalue weighted by Gasteiger charge is 2.37. The van der Waals surface area contributed by atoms with Crippen molar-refractivity contribution in [1.82, 2.24) is 0 Å². The van der Waals surface area contributed by atoms with Crippen LogP contribution in [0.25, 0.3) is 0 Å². The normalized spacial score (nSPS) is 35.7. The molecule has 2 heterocycles. The minimum absolute atomic E-state index is 0.538. The topological polar surface area (TPSA) is 20.2 Å². The van der Waals surface area contributed by atoms with E-state index in [1.54, 1.807) is 11.3 Å². The van der Waals surface area contributed by atoms with E-state index in [9.17, 15) is 5.11 Å². The third kappa shape index (κ3) is 1.41. The van der Waals surface area contributed by atoms with E-state index in [1.807, 2.05) is 23.2 Å². The molecule has 1 aromatic heterocycles. The number of thiophene rings is 1. The van der Waals surface area contributed by atoms with Crippen LogP contribution in [0.2, 0.25) is 0 Å². The van der Waals surface area contributed by atoms with Crippen molar-refractivity contribution in [2.45, 2.75) is 24.2 Å². The Morgan fingerprint density at radius 1 is 1.67 bits per heavy atom. The van der Waals surface area contributed by atoms with Crippen molar-refractivity contribution < 1.29 is 5.11 Å². The SMILES string of the molecule is CC1CC(O)(c2ccsc2)CS1. The fourth-order valence-corrected chi connectivity index (χ4v) is 3.59. The first kappa shape index (κ1) is 8.60. The van der Waals surface area contributed by atoms with Crippen molar-refractivity contribution in [3.05, 3.63) is 22.4 Å². The van der Waals surface area contributed by atoms with E-state index in [1.165, 1.54) is 0 Å². The van der Waals surface area contributed by atoms with Gasteiger partial charge in [-0.1, -0.05) is 6.92 Å². The van der Waals surface area contributed by atoms with Gasteiger partial charge in [-0.25, -0.2) is 0 Å². The molecule has 1 aromatic rings. The molecule has 1 N–H and O–H groups in total. The Hall–Kier alpha value is 0.01000. The molecule has 12 heavy (non-hydrogen) atoms. The van der Waals surface area contributed by atoms with Crippen molar-refractivity contribution in [1.29, 1.82) is 0 Å². The second kappa shape index (κ2) is 3.05. The van der Waals surface area contributed by atoms with Crippen LogP contribution >= 0.6 is 23.1 Å². The fourth-order valence-electron chi connectivity index (χ4n) is 1.60. The van der Waals surface area contributed by atoms with Gasteiger partial charge in [0.15, 0.2) is 0 Å². The van der Waals surface area contributed by atoms with Crippen LogP contribution in [0.1, 0.15) is 18.9 Å². The molecule has 0 aromatic carbocycles. The van der Waals surface area contributed by atoms with Gasteiger partial charge in [-0.15, -0.1) is 0 Å². The van der Waals surface area contributed by atoms with Crippen molar-refractivity contribution in [2.75, 3.05) is 5.75 Å². The molecule has 1 aliphatic rings. The first-order chi connectivity index (χ1) is 5.71. The molecule has 0 aliphatic carbocycles. The molecule has 1 aliphatic heterocycles. The lowest BCUT2D eigenvalue weighted by Crippen LogP contribution is -2.24. The van der Waals surface area contributed by atoms with E-state index in [0.717, 1.165) is 17.7 Å². The van der Waals surface area contributed by atoms with E-state index in [0.29, 0.717) is 5.25 Å². The Labute approximate surface area is 80.8 Å². The van der Waals surface area contributed by atoms with Crippen molar-refractivity contribution >= 4 is 23.1 Å². The highest BCUT2D eigenvalue weighted by atomic mass is 32.2. The van der Waals surface area contributed by atoms with Crippen LogP contribution in [0, 0.1) is 0 Å². The maximum Gasteiger partial charge on any atom is 0.100 e. The predicted octanol–water partition coefficient (Wildman–Crippen LogP) is 2.46. The van der Waals surface area contributed by atoms with E-state index in [4.69, 9.17) is 0 Å². The molecule has 0 amide bonds. The number of hydrogen-bond acceptors (Lipinski definition) is 3. The molecule has 3 heteroatoms. The zero-order valence-corrected chi connectivity index (χ0v) is 8.62. The van der Waals surface area contributed by atoms with Crippen LogP contribution < -0.4 is 0 Å². The van der Waals surface area contributed by atoms with Gasteiger partial charge in [-0.05, 0) is 28.8 Å². The summed E-state index contributed by atoms with van der Waals surface area (Å²) in [6.45, 7) is 2.18. The Kier molecular flexibility index (Phi) is 2.19. The number of aliphatic hydroxyl groups is 1. The van der Waals surface area contributed by atoms with Gasteiger partial charge in [-0.3, -0.25) is 0 Å². The van der Waals surface area contributed by atoms with Crippen LogP contribution in [-0.4, -0.2) is 16.1 Å². The molecule has 2 unspecified atom stereocenters. The molecule has 1 nitrogen and oxygen atoms in total. The molecular formula is C9H12OS2. The van der Waals surface area contributed by atoms with Gasteiger partial charge in [0, 0.05) is 11.0 Å². The van der Waals surface area contributed by atoms with Gasteiger partial charge < -0.3 is 5.11 Å². The minimum atomic E-state index is -0.538. The van der Waals surface area contributed by atoms with E-state index in [2.05, 4.69) is 12.3 Å².